The molecule has 0 amide bonds. The van der Waals surface area contributed by atoms with Gasteiger partial charge in [-0.3, -0.25) is 5.84 Å². The summed E-state index contributed by atoms with van der Waals surface area (Å²) in [5.74, 6) is 4.34. The van der Waals surface area contributed by atoms with Crippen LogP contribution in [-0.4, -0.2) is 4.98 Å². The molecule has 1 aromatic heterocycles. The molecule has 0 fully saturated rings. The highest BCUT2D eigenvalue weighted by Crippen LogP contribution is 2.33. The number of nitrogens with two attached hydrogens (primary N) is 1. The average molecular weight is 289 g/mol. The molecule has 1 heterocycles. The SMILES string of the molecule is Cc1nc(C(NN)c2ccc(F)c(C(F)(F)F)c2)co1. The molecule has 108 valence electrons. The second-order valence-electron chi connectivity index (χ2n) is 4.13. The van der Waals surface area contributed by atoms with Gasteiger partial charge in [0, 0.05) is 6.92 Å². The standard InChI is InChI=1S/C12H11F4N3O/c1-6-18-10(5-20-6)11(19-17)7-2-3-9(13)8(4-7)12(14,15)16/h2-5,11,19H,17H2,1H3. The quantitative estimate of drug-likeness (QED) is 0.518. The molecule has 1 aromatic carbocycles. The van der Waals surface area contributed by atoms with Crippen LogP contribution in [0.5, 0.6) is 0 Å². The second-order valence-corrected chi connectivity index (χ2v) is 4.13. The van der Waals surface area contributed by atoms with Crippen LogP contribution in [-0.2, 0) is 6.18 Å². The van der Waals surface area contributed by atoms with Crippen LogP contribution in [0.1, 0.15) is 28.8 Å². The summed E-state index contributed by atoms with van der Waals surface area (Å²) in [6.45, 7) is 1.59. The first-order valence-corrected chi connectivity index (χ1v) is 5.57. The Morgan fingerprint density at radius 1 is 1.35 bits per heavy atom. The zero-order chi connectivity index (χ0) is 14.9. The molecule has 4 nitrogen and oxygen atoms in total. The van der Waals surface area contributed by atoms with E-state index in [-0.39, 0.29) is 5.56 Å². The number of hydrogen-bond donors (Lipinski definition) is 2. The first kappa shape index (κ1) is 14.5. The van der Waals surface area contributed by atoms with Crippen molar-refractivity contribution in [3.8, 4) is 0 Å². The van der Waals surface area contributed by atoms with Crippen LogP contribution < -0.4 is 11.3 Å². The fourth-order valence-corrected chi connectivity index (χ4v) is 1.80. The topological polar surface area (TPSA) is 64.1 Å². The number of halogens is 4. The van der Waals surface area contributed by atoms with Crippen molar-refractivity contribution in [2.24, 2.45) is 5.84 Å². The summed E-state index contributed by atoms with van der Waals surface area (Å²) >= 11 is 0. The number of aryl methyl sites for hydroxylation is 1. The first-order chi connectivity index (χ1) is 9.32. The van der Waals surface area contributed by atoms with Gasteiger partial charge in [-0.05, 0) is 17.7 Å². The summed E-state index contributed by atoms with van der Waals surface area (Å²) in [5, 5.41) is 0. The lowest BCUT2D eigenvalue weighted by atomic mass is 10.0. The summed E-state index contributed by atoms with van der Waals surface area (Å²) in [6.07, 6.45) is -3.50. The predicted octanol–water partition coefficient (Wildman–Crippen LogP) is 2.69. The highest BCUT2D eigenvalue weighted by molar-refractivity contribution is 5.33. The molecule has 20 heavy (non-hydrogen) atoms. The third kappa shape index (κ3) is 2.81. The first-order valence-electron chi connectivity index (χ1n) is 5.57. The summed E-state index contributed by atoms with van der Waals surface area (Å²) in [7, 11) is 0. The van der Waals surface area contributed by atoms with Crippen LogP contribution in [0.4, 0.5) is 17.6 Å². The van der Waals surface area contributed by atoms with Crippen LogP contribution in [0, 0.1) is 12.7 Å². The third-order valence-electron chi connectivity index (χ3n) is 2.73. The number of nitrogens with zero attached hydrogens (tertiary/aromatic N) is 1. The lowest BCUT2D eigenvalue weighted by Gasteiger charge is -2.16. The van der Waals surface area contributed by atoms with Crippen LogP contribution in [0.3, 0.4) is 0 Å². The molecule has 0 saturated heterocycles. The largest absolute Gasteiger partial charge is 0.449 e. The van der Waals surface area contributed by atoms with Crippen molar-refractivity contribution in [3.05, 3.63) is 53.0 Å². The summed E-state index contributed by atoms with van der Waals surface area (Å²) < 4.78 is 56.3. The number of hydrazine groups is 1. The monoisotopic (exact) mass is 289 g/mol. The maximum Gasteiger partial charge on any atom is 0.419 e. The number of rotatable bonds is 3. The third-order valence-corrected chi connectivity index (χ3v) is 2.73. The van der Waals surface area contributed by atoms with Gasteiger partial charge in [0.1, 0.15) is 17.8 Å². The molecule has 8 heteroatoms. The molecule has 0 aliphatic heterocycles. The van der Waals surface area contributed by atoms with E-state index in [9.17, 15) is 17.6 Å². The summed E-state index contributed by atoms with van der Waals surface area (Å²) in [6, 6.07) is 1.83. The van der Waals surface area contributed by atoms with Crippen molar-refractivity contribution in [1.29, 1.82) is 0 Å². The van der Waals surface area contributed by atoms with E-state index in [0.717, 1.165) is 6.07 Å². The number of oxazole rings is 1. The van der Waals surface area contributed by atoms with Gasteiger partial charge in [0.2, 0.25) is 0 Å². The Labute approximate surface area is 111 Å². The van der Waals surface area contributed by atoms with Crippen molar-refractivity contribution in [2.75, 3.05) is 0 Å². The lowest BCUT2D eigenvalue weighted by molar-refractivity contribution is -0.140. The molecule has 0 radical (unpaired) electrons. The maximum atomic E-state index is 13.2. The van der Waals surface area contributed by atoms with Crippen molar-refractivity contribution < 1.29 is 22.0 Å². The van der Waals surface area contributed by atoms with Crippen molar-refractivity contribution in [2.45, 2.75) is 19.1 Å². The van der Waals surface area contributed by atoms with Gasteiger partial charge in [-0.2, -0.15) is 13.2 Å². The second kappa shape index (κ2) is 5.22. The fraction of sp³-hybridized carbons (Fsp3) is 0.250. The van der Waals surface area contributed by atoms with E-state index >= 15 is 0 Å². The van der Waals surface area contributed by atoms with Crippen LogP contribution in [0.25, 0.3) is 0 Å². The van der Waals surface area contributed by atoms with Gasteiger partial charge in [-0.25, -0.2) is 14.8 Å². The van der Waals surface area contributed by atoms with E-state index < -0.39 is 23.6 Å². The average Bonchev–Trinajstić information content (AvgIpc) is 2.77. The lowest BCUT2D eigenvalue weighted by Crippen LogP contribution is -2.29. The summed E-state index contributed by atoms with van der Waals surface area (Å²) in [4.78, 5) is 3.99. The van der Waals surface area contributed by atoms with E-state index in [1.165, 1.54) is 12.3 Å². The Bertz CT molecular complexity index is 609. The van der Waals surface area contributed by atoms with E-state index in [4.69, 9.17) is 10.3 Å². The van der Waals surface area contributed by atoms with Gasteiger partial charge in [0.25, 0.3) is 0 Å². The maximum absolute atomic E-state index is 13.2. The van der Waals surface area contributed by atoms with E-state index in [2.05, 4.69) is 10.4 Å². The Morgan fingerprint density at radius 3 is 2.55 bits per heavy atom. The van der Waals surface area contributed by atoms with E-state index in [1.807, 2.05) is 0 Å². The number of benzene rings is 1. The molecule has 3 N–H and O–H groups in total. The van der Waals surface area contributed by atoms with Crippen molar-refractivity contribution in [3.63, 3.8) is 0 Å². The molecule has 0 spiro atoms. The fourth-order valence-electron chi connectivity index (χ4n) is 1.80. The van der Waals surface area contributed by atoms with Gasteiger partial charge in [0.15, 0.2) is 5.89 Å². The Morgan fingerprint density at radius 2 is 2.05 bits per heavy atom. The smallest absolute Gasteiger partial charge is 0.419 e. The zero-order valence-electron chi connectivity index (χ0n) is 10.3. The minimum Gasteiger partial charge on any atom is -0.449 e. The summed E-state index contributed by atoms with van der Waals surface area (Å²) in [5.41, 5.74) is 1.43. The molecule has 0 saturated carbocycles. The Balaban J connectivity index is 2.46. The van der Waals surface area contributed by atoms with Crippen molar-refractivity contribution in [1.82, 2.24) is 10.4 Å². The Hall–Kier alpha value is -1.93. The molecular formula is C12H11F4N3O. The Kier molecular flexibility index (Phi) is 3.78. The molecule has 0 aliphatic rings. The number of alkyl halides is 3. The van der Waals surface area contributed by atoms with E-state index in [1.54, 1.807) is 6.92 Å². The normalized spacial score (nSPS) is 13.5. The minimum absolute atomic E-state index is 0.134. The highest BCUT2D eigenvalue weighted by atomic mass is 19.4. The van der Waals surface area contributed by atoms with Crippen LogP contribution in [0.2, 0.25) is 0 Å². The number of aromatic nitrogens is 1. The zero-order valence-corrected chi connectivity index (χ0v) is 10.3. The molecule has 1 atom stereocenters. The van der Waals surface area contributed by atoms with Crippen LogP contribution >= 0.6 is 0 Å². The van der Waals surface area contributed by atoms with Gasteiger partial charge >= 0.3 is 6.18 Å². The number of hydrogen-bond acceptors (Lipinski definition) is 4. The van der Waals surface area contributed by atoms with Gasteiger partial charge in [-0.15, -0.1) is 0 Å². The van der Waals surface area contributed by atoms with Gasteiger partial charge in [-0.1, -0.05) is 6.07 Å². The predicted molar refractivity (Wildman–Crippen MR) is 61.8 cm³/mol. The van der Waals surface area contributed by atoms with Crippen LogP contribution in [0.15, 0.2) is 28.9 Å². The number of nitrogens with one attached hydrogen (secondary N) is 1. The van der Waals surface area contributed by atoms with E-state index in [0.29, 0.717) is 17.7 Å². The molecule has 2 rings (SSSR count). The molecule has 0 bridgehead atoms. The molecule has 0 aliphatic carbocycles. The van der Waals surface area contributed by atoms with Gasteiger partial charge in [0.05, 0.1) is 11.6 Å². The highest BCUT2D eigenvalue weighted by Gasteiger charge is 2.35. The van der Waals surface area contributed by atoms with Crippen molar-refractivity contribution >= 4 is 0 Å². The minimum atomic E-state index is -4.78. The molecule has 1 unspecified atom stereocenters. The molecule has 2 aromatic rings. The molecular weight excluding hydrogens is 278 g/mol. The van der Waals surface area contributed by atoms with Gasteiger partial charge < -0.3 is 4.42 Å².